The molecule has 3 amide bonds. The van der Waals surface area contributed by atoms with E-state index in [9.17, 15) is 19.2 Å². The van der Waals surface area contributed by atoms with Crippen LogP contribution in [-0.4, -0.2) is 113 Å². The third-order valence-electron chi connectivity index (χ3n) is 6.83. The SMILES string of the molecule is CCCNCCOCCOCCOCC(=O)NC(C(=O)N1CC(OC(C)=O)CC1C(=O)NCC(C)CCC)C(C)(C)C. The maximum Gasteiger partial charge on any atom is 0.302 e. The Kier molecular flexibility index (Phi) is 18.5. The van der Waals surface area contributed by atoms with Crippen molar-refractivity contribution in [1.82, 2.24) is 20.9 Å². The summed E-state index contributed by atoms with van der Waals surface area (Å²) in [6.45, 7) is 17.3. The Morgan fingerprint density at radius 1 is 0.929 bits per heavy atom. The van der Waals surface area contributed by atoms with E-state index in [1.54, 1.807) is 0 Å². The van der Waals surface area contributed by atoms with Crippen LogP contribution in [0.1, 0.15) is 74.1 Å². The topological polar surface area (TPSA) is 145 Å². The second kappa shape index (κ2) is 20.6. The van der Waals surface area contributed by atoms with Gasteiger partial charge in [-0.1, -0.05) is 48.0 Å². The molecule has 1 saturated heterocycles. The molecule has 0 aromatic rings. The highest BCUT2D eigenvalue weighted by atomic mass is 16.5. The fourth-order valence-electron chi connectivity index (χ4n) is 4.67. The molecule has 1 aliphatic heterocycles. The number of carbonyl (C=O) groups excluding carboxylic acids is 4. The van der Waals surface area contributed by atoms with Crippen molar-refractivity contribution in [3.63, 3.8) is 0 Å². The second-order valence-electron chi connectivity index (χ2n) is 12.0. The van der Waals surface area contributed by atoms with Crippen LogP contribution in [0, 0.1) is 11.3 Å². The lowest BCUT2D eigenvalue weighted by Gasteiger charge is -2.35. The zero-order valence-electron chi connectivity index (χ0n) is 26.9. The molecular formula is C30H56N4O8. The number of hydrogen-bond donors (Lipinski definition) is 3. The van der Waals surface area contributed by atoms with E-state index in [-0.39, 0.29) is 32.1 Å². The van der Waals surface area contributed by atoms with E-state index in [4.69, 9.17) is 18.9 Å². The van der Waals surface area contributed by atoms with Gasteiger partial charge in [0.05, 0.1) is 39.6 Å². The van der Waals surface area contributed by atoms with Gasteiger partial charge in [0.25, 0.3) is 0 Å². The molecule has 0 bridgehead atoms. The third-order valence-corrected chi connectivity index (χ3v) is 6.83. The molecule has 1 fully saturated rings. The molecule has 0 aromatic carbocycles. The fraction of sp³-hybridized carbons (Fsp3) is 0.867. The highest BCUT2D eigenvalue weighted by molar-refractivity contribution is 5.93. The molecule has 244 valence electrons. The molecule has 4 atom stereocenters. The number of rotatable bonds is 21. The first-order chi connectivity index (χ1) is 19.9. The van der Waals surface area contributed by atoms with Gasteiger partial charge in [-0.2, -0.15) is 0 Å². The van der Waals surface area contributed by atoms with Crippen molar-refractivity contribution < 1.29 is 38.1 Å². The summed E-state index contributed by atoms with van der Waals surface area (Å²) in [5.74, 6) is -1.32. The standard InChI is InChI=1S/C30H56N4O8/c1-8-10-22(3)19-32-28(37)25-18-24(42-23(4)35)20-34(25)29(38)27(30(5,6)7)33-26(36)21-41-17-16-40-15-14-39-13-12-31-11-9-2/h22,24-25,27,31H,8-21H2,1-7H3,(H,32,37)(H,33,36). The second-order valence-corrected chi connectivity index (χ2v) is 12.0. The first-order valence-corrected chi connectivity index (χ1v) is 15.4. The monoisotopic (exact) mass is 600 g/mol. The lowest BCUT2D eigenvalue weighted by molar-refractivity contribution is -0.147. The summed E-state index contributed by atoms with van der Waals surface area (Å²) in [4.78, 5) is 52.8. The normalized spacial score (nSPS) is 18.4. The molecule has 1 aliphatic rings. The van der Waals surface area contributed by atoms with Gasteiger partial charge in [-0.3, -0.25) is 19.2 Å². The molecule has 4 unspecified atom stereocenters. The predicted octanol–water partition coefficient (Wildman–Crippen LogP) is 1.65. The number of amides is 3. The van der Waals surface area contributed by atoms with Gasteiger partial charge in [0, 0.05) is 26.4 Å². The maximum atomic E-state index is 13.8. The number of hydrogen-bond acceptors (Lipinski definition) is 9. The van der Waals surface area contributed by atoms with E-state index >= 15 is 0 Å². The number of ether oxygens (including phenoxy) is 4. The van der Waals surface area contributed by atoms with Gasteiger partial charge in [-0.05, 0) is 30.7 Å². The molecule has 12 nitrogen and oxygen atoms in total. The molecular weight excluding hydrogens is 544 g/mol. The van der Waals surface area contributed by atoms with Crippen molar-refractivity contribution in [3.05, 3.63) is 0 Å². The highest BCUT2D eigenvalue weighted by Gasteiger charge is 2.45. The van der Waals surface area contributed by atoms with Crippen LogP contribution in [0.4, 0.5) is 0 Å². The molecule has 42 heavy (non-hydrogen) atoms. The van der Waals surface area contributed by atoms with Crippen LogP contribution in [0.5, 0.6) is 0 Å². The van der Waals surface area contributed by atoms with Gasteiger partial charge >= 0.3 is 5.97 Å². The number of likely N-dealkylation sites (tertiary alicyclic amines) is 1. The fourth-order valence-corrected chi connectivity index (χ4v) is 4.67. The number of carbonyl (C=O) groups is 4. The van der Waals surface area contributed by atoms with Crippen LogP contribution in [0.15, 0.2) is 0 Å². The third kappa shape index (κ3) is 15.3. The molecule has 0 saturated carbocycles. The molecule has 3 N–H and O–H groups in total. The van der Waals surface area contributed by atoms with E-state index in [0.717, 1.165) is 32.4 Å². The van der Waals surface area contributed by atoms with Crippen LogP contribution in [-0.2, 0) is 38.1 Å². The number of nitrogens with one attached hydrogen (secondary N) is 3. The van der Waals surface area contributed by atoms with E-state index in [2.05, 4.69) is 36.7 Å². The summed E-state index contributed by atoms with van der Waals surface area (Å²) < 4.78 is 21.7. The first kappa shape index (κ1) is 37.7. The van der Waals surface area contributed by atoms with Gasteiger partial charge in [0.15, 0.2) is 0 Å². The van der Waals surface area contributed by atoms with Gasteiger partial charge in [-0.25, -0.2) is 0 Å². The van der Waals surface area contributed by atoms with Crippen LogP contribution in [0.3, 0.4) is 0 Å². The Morgan fingerprint density at radius 2 is 1.57 bits per heavy atom. The van der Waals surface area contributed by atoms with E-state index < -0.39 is 41.4 Å². The highest BCUT2D eigenvalue weighted by Crippen LogP contribution is 2.27. The predicted molar refractivity (Wildman–Crippen MR) is 160 cm³/mol. The van der Waals surface area contributed by atoms with Gasteiger partial charge in [0.1, 0.15) is 24.8 Å². The summed E-state index contributed by atoms with van der Waals surface area (Å²) in [6.07, 6.45) is 2.67. The van der Waals surface area contributed by atoms with Gasteiger partial charge in [-0.15, -0.1) is 0 Å². The minimum Gasteiger partial charge on any atom is -0.461 e. The minimum absolute atomic E-state index is 0.0796. The average Bonchev–Trinajstić information content (AvgIpc) is 3.33. The average molecular weight is 601 g/mol. The molecule has 1 heterocycles. The van der Waals surface area contributed by atoms with E-state index in [1.165, 1.54) is 11.8 Å². The van der Waals surface area contributed by atoms with Crippen molar-refractivity contribution in [2.24, 2.45) is 11.3 Å². The largest absolute Gasteiger partial charge is 0.461 e. The Balaban J connectivity index is 2.63. The minimum atomic E-state index is -0.917. The first-order valence-electron chi connectivity index (χ1n) is 15.4. The summed E-state index contributed by atoms with van der Waals surface area (Å²) in [5.41, 5.74) is -0.655. The lowest BCUT2D eigenvalue weighted by Crippen LogP contribution is -2.58. The smallest absolute Gasteiger partial charge is 0.302 e. The summed E-state index contributed by atoms with van der Waals surface area (Å²) in [5, 5.41) is 9.00. The van der Waals surface area contributed by atoms with Crippen LogP contribution in [0.25, 0.3) is 0 Å². The van der Waals surface area contributed by atoms with E-state index in [1.807, 2.05) is 20.8 Å². The van der Waals surface area contributed by atoms with Crippen molar-refractivity contribution >= 4 is 23.7 Å². The van der Waals surface area contributed by atoms with Crippen molar-refractivity contribution in [2.45, 2.75) is 92.3 Å². The zero-order valence-corrected chi connectivity index (χ0v) is 26.9. The Morgan fingerprint density at radius 3 is 2.17 bits per heavy atom. The van der Waals surface area contributed by atoms with Crippen molar-refractivity contribution in [2.75, 3.05) is 65.8 Å². The molecule has 0 aromatic heterocycles. The molecule has 0 aliphatic carbocycles. The summed E-state index contributed by atoms with van der Waals surface area (Å²) in [7, 11) is 0. The van der Waals surface area contributed by atoms with Crippen LogP contribution in [0.2, 0.25) is 0 Å². The zero-order chi connectivity index (χ0) is 31.5. The van der Waals surface area contributed by atoms with Crippen molar-refractivity contribution in [3.8, 4) is 0 Å². The molecule has 12 heteroatoms. The summed E-state index contributed by atoms with van der Waals surface area (Å²) >= 11 is 0. The van der Waals surface area contributed by atoms with Gasteiger partial charge < -0.3 is 39.8 Å². The Labute approximate surface area is 252 Å². The quantitative estimate of drug-likeness (QED) is 0.132. The van der Waals surface area contributed by atoms with Crippen LogP contribution >= 0.6 is 0 Å². The summed E-state index contributed by atoms with van der Waals surface area (Å²) in [6, 6.07) is -1.72. The lowest BCUT2D eigenvalue weighted by atomic mass is 9.85. The maximum absolute atomic E-state index is 13.8. The molecule has 1 rings (SSSR count). The van der Waals surface area contributed by atoms with Crippen LogP contribution < -0.4 is 16.0 Å². The molecule has 0 spiro atoms. The van der Waals surface area contributed by atoms with Crippen molar-refractivity contribution in [1.29, 1.82) is 0 Å². The van der Waals surface area contributed by atoms with E-state index in [0.29, 0.717) is 38.9 Å². The number of esters is 1. The number of nitrogens with zero attached hydrogens (tertiary/aromatic N) is 1. The Bertz CT molecular complexity index is 820. The van der Waals surface area contributed by atoms with Gasteiger partial charge in [0.2, 0.25) is 17.7 Å². The Hall–Kier alpha value is -2.28. The molecule has 0 radical (unpaired) electrons.